The minimum Gasteiger partial charge on any atom is -0.497 e. The number of hydrogen-bond donors (Lipinski definition) is 3. The Bertz CT molecular complexity index is 543. The third-order valence-corrected chi connectivity index (χ3v) is 3.05. The summed E-state index contributed by atoms with van der Waals surface area (Å²) in [6.45, 7) is 0.0150. The van der Waals surface area contributed by atoms with Gasteiger partial charge < -0.3 is 20.3 Å². The summed E-state index contributed by atoms with van der Waals surface area (Å²) in [5.74, 6) is 0.741. The van der Waals surface area contributed by atoms with Crippen LogP contribution in [-0.2, 0) is 0 Å². The fourth-order valence-corrected chi connectivity index (χ4v) is 1.96. The van der Waals surface area contributed by atoms with Crippen LogP contribution < -0.4 is 10.1 Å². The topological polar surface area (TPSA) is 61.7 Å². The van der Waals surface area contributed by atoms with Crippen molar-refractivity contribution in [2.75, 3.05) is 25.6 Å². The average molecular weight is 273 g/mol. The molecule has 1 atom stereocenters. The van der Waals surface area contributed by atoms with Crippen molar-refractivity contribution >= 4 is 5.69 Å². The largest absolute Gasteiger partial charge is 0.497 e. The first-order valence-electron chi connectivity index (χ1n) is 6.51. The molecule has 0 fully saturated rings. The smallest absolute Gasteiger partial charge is 0.120 e. The number of anilines is 1. The van der Waals surface area contributed by atoms with Gasteiger partial charge in [-0.1, -0.05) is 30.3 Å². The van der Waals surface area contributed by atoms with Crippen LogP contribution in [0.15, 0.2) is 48.5 Å². The van der Waals surface area contributed by atoms with Gasteiger partial charge in [-0.25, -0.2) is 0 Å². The Labute approximate surface area is 118 Å². The maximum absolute atomic E-state index is 9.46. The van der Waals surface area contributed by atoms with Crippen LogP contribution in [0.2, 0.25) is 0 Å². The molecule has 0 spiro atoms. The van der Waals surface area contributed by atoms with Crippen molar-refractivity contribution in [3.8, 4) is 16.9 Å². The van der Waals surface area contributed by atoms with E-state index in [4.69, 9.17) is 9.84 Å². The number of rotatable bonds is 6. The van der Waals surface area contributed by atoms with Gasteiger partial charge in [0.25, 0.3) is 0 Å². The molecule has 2 rings (SSSR count). The van der Waals surface area contributed by atoms with Gasteiger partial charge in [-0.15, -0.1) is 0 Å². The molecule has 20 heavy (non-hydrogen) atoms. The molecule has 0 saturated carbocycles. The van der Waals surface area contributed by atoms with Gasteiger partial charge in [0, 0.05) is 23.9 Å². The van der Waals surface area contributed by atoms with Crippen LogP contribution in [0.25, 0.3) is 11.1 Å². The van der Waals surface area contributed by atoms with Gasteiger partial charge >= 0.3 is 0 Å². The van der Waals surface area contributed by atoms with Gasteiger partial charge in [0.2, 0.25) is 0 Å². The molecule has 0 radical (unpaired) electrons. The number of nitrogens with one attached hydrogen (secondary N) is 1. The van der Waals surface area contributed by atoms with E-state index in [1.54, 1.807) is 7.11 Å². The Morgan fingerprint density at radius 3 is 2.55 bits per heavy atom. The van der Waals surface area contributed by atoms with E-state index in [0.717, 1.165) is 22.6 Å². The summed E-state index contributed by atoms with van der Waals surface area (Å²) in [5, 5.41) is 21.5. The lowest BCUT2D eigenvalue weighted by molar-refractivity contribution is 0.105. The van der Waals surface area contributed by atoms with Crippen molar-refractivity contribution in [1.29, 1.82) is 0 Å². The zero-order valence-corrected chi connectivity index (χ0v) is 11.4. The zero-order chi connectivity index (χ0) is 14.4. The predicted molar refractivity (Wildman–Crippen MR) is 80.0 cm³/mol. The molecule has 0 saturated heterocycles. The summed E-state index contributed by atoms with van der Waals surface area (Å²) in [6.07, 6.45) is -0.787. The number of aliphatic hydroxyl groups excluding tert-OH is 2. The Hall–Kier alpha value is -2.04. The molecular weight excluding hydrogens is 254 g/mol. The van der Waals surface area contributed by atoms with Crippen LogP contribution in [0.4, 0.5) is 5.69 Å². The van der Waals surface area contributed by atoms with E-state index in [9.17, 15) is 5.11 Å². The van der Waals surface area contributed by atoms with Crippen LogP contribution in [0, 0.1) is 0 Å². The minimum absolute atomic E-state index is 0.266. The highest BCUT2D eigenvalue weighted by Gasteiger charge is 2.08. The highest BCUT2D eigenvalue weighted by molar-refractivity contribution is 5.79. The van der Waals surface area contributed by atoms with Crippen molar-refractivity contribution in [1.82, 2.24) is 0 Å². The molecule has 3 N–H and O–H groups in total. The highest BCUT2D eigenvalue weighted by Crippen LogP contribution is 2.31. The van der Waals surface area contributed by atoms with Crippen LogP contribution in [0.3, 0.4) is 0 Å². The molecule has 106 valence electrons. The van der Waals surface area contributed by atoms with Gasteiger partial charge in [-0.3, -0.25) is 0 Å². The fourth-order valence-electron chi connectivity index (χ4n) is 1.96. The molecule has 0 aliphatic heterocycles. The lowest BCUT2D eigenvalue weighted by Gasteiger charge is -2.15. The maximum atomic E-state index is 9.46. The quantitative estimate of drug-likeness (QED) is 0.754. The average Bonchev–Trinajstić information content (AvgIpc) is 2.53. The number of hydrogen-bond acceptors (Lipinski definition) is 4. The van der Waals surface area contributed by atoms with Gasteiger partial charge in [0.1, 0.15) is 5.75 Å². The fraction of sp³-hybridized carbons (Fsp3) is 0.250. The van der Waals surface area contributed by atoms with Gasteiger partial charge in [0.05, 0.1) is 19.8 Å². The number of methoxy groups -OCH3 is 1. The van der Waals surface area contributed by atoms with Crippen molar-refractivity contribution in [2.24, 2.45) is 0 Å². The molecule has 0 bridgehead atoms. The van der Waals surface area contributed by atoms with E-state index >= 15 is 0 Å². The molecule has 4 nitrogen and oxygen atoms in total. The lowest BCUT2D eigenvalue weighted by atomic mass is 10.0. The predicted octanol–water partition coefficient (Wildman–Crippen LogP) is 2.13. The summed E-state index contributed by atoms with van der Waals surface area (Å²) < 4.78 is 5.23. The van der Waals surface area contributed by atoms with Crippen molar-refractivity contribution in [3.05, 3.63) is 48.5 Å². The number of benzene rings is 2. The standard InChI is InChI=1S/C16H19NO3/c1-20-14-7-8-15(12-5-3-2-4-6-12)16(9-14)17-10-13(19)11-18/h2-9,13,17-19H,10-11H2,1H3. The molecule has 0 amide bonds. The molecular formula is C16H19NO3. The van der Waals surface area contributed by atoms with E-state index in [2.05, 4.69) is 5.32 Å². The lowest BCUT2D eigenvalue weighted by Crippen LogP contribution is -2.23. The van der Waals surface area contributed by atoms with E-state index in [1.165, 1.54) is 0 Å². The molecule has 0 aliphatic carbocycles. The summed E-state index contributed by atoms with van der Waals surface area (Å²) >= 11 is 0. The second-order valence-corrected chi connectivity index (χ2v) is 4.49. The molecule has 0 aliphatic rings. The Kier molecular flexibility index (Phi) is 4.98. The van der Waals surface area contributed by atoms with Crippen molar-refractivity contribution < 1.29 is 14.9 Å². The van der Waals surface area contributed by atoms with E-state index in [0.29, 0.717) is 0 Å². The normalized spacial score (nSPS) is 11.9. The Morgan fingerprint density at radius 2 is 1.90 bits per heavy atom. The first kappa shape index (κ1) is 14.4. The van der Waals surface area contributed by atoms with Gasteiger partial charge in [-0.2, -0.15) is 0 Å². The third kappa shape index (κ3) is 3.50. The van der Waals surface area contributed by atoms with E-state index in [1.807, 2.05) is 48.5 Å². The Morgan fingerprint density at radius 1 is 1.15 bits per heavy atom. The Balaban J connectivity index is 2.31. The number of ether oxygens (including phenoxy) is 1. The summed E-state index contributed by atoms with van der Waals surface area (Å²) in [7, 11) is 1.61. The van der Waals surface area contributed by atoms with E-state index < -0.39 is 6.10 Å². The first-order valence-corrected chi connectivity index (χ1v) is 6.51. The molecule has 2 aromatic rings. The van der Waals surface area contributed by atoms with Gasteiger partial charge in [-0.05, 0) is 17.7 Å². The second-order valence-electron chi connectivity index (χ2n) is 4.49. The van der Waals surface area contributed by atoms with Crippen LogP contribution in [-0.4, -0.2) is 36.6 Å². The molecule has 0 heterocycles. The summed E-state index contributed by atoms with van der Waals surface area (Å²) in [5.41, 5.74) is 2.97. The maximum Gasteiger partial charge on any atom is 0.120 e. The summed E-state index contributed by atoms with van der Waals surface area (Å²) in [4.78, 5) is 0. The second kappa shape index (κ2) is 6.93. The monoisotopic (exact) mass is 273 g/mol. The van der Waals surface area contributed by atoms with Crippen molar-refractivity contribution in [3.63, 3.8) is 0 Å². The van der Waals surface area contributed by atoms with Crippen molar-refractivity contribution in [2.45, 2.75) is 6.10 Å². The SMILES string of the molecule is COc1ccc(-c2ccccc2)c(NCC(O)CO)c1. The molecule has 1 unspecified atom stereocenters. The van der Waals surface area contributed by atoms with Gasteiger partial charge in [0.15, 0.2) is 0 Å². The first-order chi connectivity index (χ1) is 9.74. The third-order valence-electron chi connectivity index (χ3n) is 3.05. The number of aliphatic hydroxyl groups is 2. The highest BCUT2D eigenvalue weighted by atomic mass is 16.5. The molecule has 2 aromatic carbocycles. The molecule has 0 aromatic heterocycles. The van der Waals surface area contributed by atoms with Crippen LogP contribution in [0.5, 0.6) is 5.75 Å². The van der Waals surface area contributed by atoms with E-state index in [-0.39, 0.29) is 13.2 Å². The minimum atomic E-state index is -0.787. The van der Waals surface area contributed by atoms with Crippen LogP contribution >= 0.6 is 0 Å². The molecule has 4 heteroatoms. The van der Waals surface area contributed by atoms with Crippen LogP contribution in [0.1, 0.15) is 0 Å². The zero-order valence-electron chi connectivity index (χ0n) is 11.4. The summed E-state index contributed by atoms with van der Waals surface area (Å²) in [6, 6.07) is 15.7.